The number of rotatable bonds is 4. The molecule has 0 amide bonds. The van der Waals surface area contributed by atoms with Gasteiger partial charge in [0, 0.05) is 17.5 Å². The molecule has 1 unspecified atom stereocenters. The van der Waals surface area contributed by atoms with Gasteiger partial charge in [0.05, 0.1) is 17.1 Å². The fourth-order valence-electron chi connectivity index (χ4n) is 1.79. The second kappa shape index (κ2) is 5.86. The quantitative estimate of drug-likeness (QED) is 0.518. The van der Waals surface area contributed by atoms with Crippen LogP contribution in [0.2, 0.25) is 0 Å². The van der Waals surface area contributed by atoms with Gasteiger partial charge in [0.2, 0.25) is 0 Å². The van der Waals surface area contributed by atoms with Crippen molar-refractivity contribution < 1.29 is 17.6 Å². The Kier molecular flexibility index (Phi) is 4.36. The molecule has 0 saturated carbocycles. The lowest BCUT2D eigenvalue weighted by Crippen LogP contribution is -2.29. The van der Waals surface area contributed by atoms with Crippen molar-refractivity contribution in [3.8, 4) is 0 Å². The molecule has 2 aromatic rings. The SMILES string of the molecule is NNC(Cc1cncs1)c1ccc(F)c(C(F)(F)F)c1. The van der Waals surface area contributed by atoms with Crippen molar-refractivity contribution in [1.29, 1.82) is 0 Å². The molecule has 8 heteroatoms. The molecule has 0 bridgehead atoms. The van der Waals surface area contributed by atoms with Crippen molar-refractivity contribution >= 4 is 11.3 Å². The van der Waals surface area contributed by atoms with E-state index >= 15 is 0 Å². The highest BCUT2D eigenvalue weighted by molar-refractivity contribution is 7.09. The Hall–Kier alpha value is -1.51. The summed E-state index contributed by atoms with van der Waals surface area (Å²) in [7, 11) is 0. The molecule has 1 aromatic carbocycles. The Morgan fingerprint density at radius 1 is 1.35 bits per heavy atom. The molecule has 108 valence electrons. The molecular weight excluding hydrogens is 294 g/mol. The molecule has 3 N–H and O–H groups in total. The number of alkyl halides is 3. The zero-order valence-corrected chi connectivity index (χ0v) is 10.9. The van der Waals surface area contributed by atoms with Crippen LogP contribution in [0.25, 0.3) is 0 Å². The number of hydrazine groups is 1. The smallest absolute Gasteiger partial charge is 0.271 e. The van der Waals surface area contributed by atoms with Crippen LogP contribution in [0.1, 0.15) is 22.0 Å². The van der Waals surface area contributed by atoms with Crippen LogP contribution in [0.5, 0.6) is 0 Å². The summed E-state index contributed by atoms with van der Waals surface area (Å²) in [6.07, 6.45) is -2.74. The van der Waals surface area contributed by atoms with Crippen molar-refractivity contribution in [3.63, 3.8) is 0 Å². The van der Waals surface area contributed by atoms with Crippen LogP contribution in [0.4, 0.5) is 17.6 Å². The first kappa shape index (κ1) is 14.9. The van der Waals surface area contributed by atoms with Crippen LogP contribution >= 0.6 is 11.3 Å². The monoisotopic (exact) mass is 305 g/mol. The minimum absolute atomic E-state index is 0.273. The molecule has 20 heavy (non-hydrogen) atoms. The lowest BCUT2D eigenvalue weighted by atomic mass is 10.0. The number of thiazole rings is 1. The Morgan fingerprint density at radius 2 is 2.10 bits per heavy atom. The first-order chi connectivity index (χ1) is 9.41. The minimum atomic E-state index is -4.73. The third-order valence-corrected chi connectivity index (χ3v) is 3.59. The van der Waals surface area contributed by atoms with Crippen molar-refractivity contribution in [1.82, 2.24) is 10.4 Å². The third-order valence-electron chi connectivity index (χ3n) is 2.79. The summed E-state index contributed by atoms with van der Waals surface area (Å²) in [6.45, 7) is 0. The van der Waals surface area contributed by atoms with E-state index in [0.717, 1.165) is 17.0 Å². The second-order valence-corrected chi connectivity index (χ2v) is 5.10. The predicted octanol–water partition coefficient (Wildman–Crippen LogP) is 3.05. The van der Waals surface area contributed by atoms with Gasteiger partial charge in [-0.1, -0.05) is 6.07 Å². The molecule has 0 aliphatic heterocycles. The number of hydrogen-bond donors (Lipinski definition) is 2. The fourth-order valence-corrected chi connectivity index (χ4v) is 2.44. The average Bonchev–Trinajstić information content (AvgIpc) is 2.88. The Labute approximate surface area is 116 Å². The summed E-state index contributed by atoms with van der Waals surface area (Å²) in [5.74, 6) is 4.08. The largest absolute Gasteiger partial charge is 0.419 e. The molecule has 1 heterocycles. The first-order valence-corrected chi connectivity index (χ1v) is 6.50. The van der Waals surface area contributed by atoms with Crippen LogP contribution in [0, 0.1) is 5.82 Å². The Bertz CT molecular complexity index is 569. The van der Waals surface area contributed by atoms with Gasteiger partial charge >= 0.3 is 6.18 Å². The van der Waals surface area contributed by atoms with E-state index in [9.17, 15) is 17.6 Å². The standard InChI is InChI=1S/C12H11F4N3S/c13-10-2-1-7(3-9(10)12(14,15)16)11(19-17)4-8-5-18-6-20-8/h1-3,5-6,11,19H,4,17H2. The highest BCUT2D eigenvalue weighted by Crippen LogP contribution is 2.33. The average molecular weight is 305 g/mol. The van der Waals surface area contributed by atoms with E-state index in [2.05, 4.69) is 10.4 Å². The van der Waals surface area contributed by atoms with E-state index in [4.69, 9.17) is 5.84 Å². The van der Waals surface area contributed by atoms with Crippen LogP contribution in [-0.4, -0.2) is 4.98 Å². The van der Waals surface area contributed by atoms with Gasteiger partial charge < -0.3 is 0 Å². The maximum Gasteiger partial charge on any atom is 0.419 e. The van der Waals surface area contributed by atoms with Gasteiger partial charge in [0.1, 0.15) is 5.82 Å². The summed E-state index contributed by atoms with van der Waals surface area (Å²) < 4.78 is 51.3. The topological polar surface area (TPSA) is 50.9 Å². The summed E-state index contributed by atoms with van der Waals surface area (Å²) in [5, 5.41) is 0. The van der Waals surface area contributed by atoms with Crippen LogP contribution in [0.15, 0.2) is 29.9 Å². The molecule has 0 spiro atoms. The molecule has 1 atom stereocenters. The fraction of sp³-hybridized carbons (Fsp3) is 0.250. The molecule has 2 rings (SSSR count). The number of halogens is 4. The highest BCUT2D eigenvalue weighted by atomic mass is 32.1. The summed E-state index contributed by atoms with van der Waals surface area (Å²) >= 11 is 1.37. The van der Waals surface area contributed by atoms with Crippen LogP contribution in [0.3, 0.4) is 0 Å². The number of nitrogens with zero attached hydrogens (tertiary/aromatic N) is 1. The highest BCUT2D eigenvalue weighted by Gasteiger charge is 2.34. The van der Waals surface area contributed by atoms with E-state index in [0.29, 0.717) is 6.42 Å². The summed E-state index contributed by atoms with van der Waals surface area (Å²) in [4.78, 5) is 4.75. The lowest BCUT2D eigenvalue weighted by molar-refractivity contribution is -0.140. The summed E-state index contributed by atoms with van der Waals surface area (Å²) in [5.41, 5.74) is 3.04. The minimum Gasteiger partial charge on any atom is -0.271 e. The zero-order chi connectivity index (χ0) is 14.8. The van der Waals surface area contributed by atoms with E-state index in [1.165, 1.54) is 17.4 Å². The first-order valence-electron chi connectivity index (χ1n) is 5.62. The second-order valence-electron chi connectivity index (χ2n) is 4.13. The van der Waals surface area contributed by atoms with Gasteiger partial charge in [-0.05, 0) is 17.7 Å². The number of benzene rings is 1. The van der Waals surface area contributed by atoms with Crippen molar-refractivity contribution in [2.24, 2.45) is 5.84 Å². The number of hydrogen-bond acceptors (Lipinski definition) is 4. The van der Waals surface area contributed by atoms with Crippen molar-refractivity contribution in [3.05, 3.63) is 51.7 Å². The molecule has 0 fully saturated rings. The molecule has 0 aliphatic carbocycles. The lowest BCUT2D eigenvalue weighted by Gasteiger charge is -2.17. The summed E-state index contributed by atoms with van der Waals surface area (Å²) in [6, 6.07) is 2.32. The van der Waals surface area contributed by atoms with Gasteiger partial charge in [0.25, 0.3) is 0 Å². The van der Waals surface area contributed by atoms with Gasteiger partial charge in [0.15, 0.2) is 0 Å². The van der Waals surface area contributed by atoms with Crippen LogP contribution in [-0.2, 0) is 12.6 Å². The Balaban J connectivity index is 2.30. The van der Waals surface area contributed by atoms with Crippen molar-refractivity contribution in [2.75, 3.05) is 0 Å². The number of nitrogens with two attached hydrogens (primary N) is 1. The van der Waals surface area contributed by atoms with E-state index in [-0.39, 0.29) is 5.56 Å². The van der Waals surface area contributed by atoms with Gasteiger partial charge in [-0.15, -0.1) is 11.3 Å². The van der Waals surface area contributed by atoms with Gasteiger partial charge in [-0.2, -0.15) is 13.2 Å². The van der Waals surface area contributed by atoms with E-state index in [1.807, 2.05) is 0 Å². The third kappa shape index (κ3) is 3.33. The zero-order valence-electron chi connectivity index (χ0n) is 10.1. The Morgan fingerprint density at radius 3 is 2.65 bits per heavy atom. The normalized spacial score (nSPS) is 13.4. The van der Waals surface area contributed by atoms with E-state index in [1.54, 1.807) is 11.7 Å². The van der Waals surface area contributed by atoms with Crippen molar-refractivity contribution in [2.45, 2.75) is 18.6 Å². The maximum atomic E-state index is 13.2. The molecule has 0 saturated heterocycles. The number of aromatic nitrogens is 1. The van der Waals surface area contributed by atoms with Gasteiger partial charge in [-0.25, -0.2) is 4.39 Å². The maximum absolute atomic E-state index is 13.2. The number of nitrogens with one attached hydrogen (secondary N) is 1. The predicted molar refractivity (Wildman–Crippen MR) is 67.3 cm³/mol. The van der Waals surface area contributed by atoms with E-state index < -0.39 is 23.6 Å². The molecule has 3 nitrogen and oxygen atoms in total. The van der Waals surface area contributed by atoms with Crippen LogP contribution < -0.4 is 11.3 Å². The molecule has 1 aromatic heterocycles. The molecule has 0 aliphatic rings. The molecule has 0 radical (unpaired) electrons. The van der Waals surface area contributed by atoms with Gasteiger partial charge in [-0.3, -0.25) is 16.3 Å². The molecular formula is C12H11F4N3S.